The number of carbonyl (C=O) groups is 2. The van der Waals surface area contributed by atoms with E-state index in [0.717, 1.165) is 36.0 Å². The zero-order valence-electron chi connectivity index (χ0n) is 12.2. The minimum absolute atomic E-state index is 0.245. The number of hydrogen-bond acceptors (Lipinski definition) is 6. The van der Waals surface area contributed by atoms with Crippen LogP contribution in [0.2, 0.25) is 0 Å². The molecule has 2 amide bonds. The molecule has 8 heteroatoms. The third-order valence-corrected chi connectivity index (χ3v) is 5.64. The van der Waals surface area contributed by atoms with Gasteiger partial charge in [0.25, 0.3) is 11.8 Å². The van der Waals surface area contributed by atoms with Crippen molar-refractivity contribution < 1.29 is 9.59 Å². The third-order valence-electron chi connectivity index (χ3n) is 3.32. The van der Waals surface area contributed by atoms with Crippen LogP contribution in [-0.2, 0) is 0 Å². The SMILES string of the molecule is CNC(=O)c1sc(N2CCCSCC2)c(C(=O)NC)c1N. The van der Waals surface area contributed by atoms with Crippen LogP contribution in [0.25, 0.3) is 0 Å². The van der Waals surface area contributed by atoms with Crippen LogP contribution in [0.4, 0.5) is 10.7 Å². The van der Waals surface area contributed by atoms with Gasteiger partial charge in [-0.1, -0.05) is 0 Å². The maximum atomic E-state index is 12.2. The third kappa shape index (κ3) is 3.26. The number of anilines is 2. The molecule has 0 radical (unpaired) electrons. The van der Waals surface area contributed by atoms with Crippen molar-refractivity contribution in [3.05, 3.63) is 10.4 Å². The Morgan fingerprint density at radius 1 is 1.14 bits per heavy atom. The van der Waals surface area contributed by atoms with Gasteiger partial charge in [0.2, 0.25) is 0 Å². The summed E-state index contributed by atoms with van der Waals surface area (Å²) in [5.41, 5.74) is 6.75. The molecule has 1 saturated heterocycles. The van der Waals surface area contributed by atoms with Crippen LogP contribution in [-0.4, -0.2) is 50.5 Å². The van der Waals surface area contributed by atoms with Crippen molar-refractivity contribution in [2.45, 2.75) is 6.42 Å². The van der Waals surface area contributed by atoms with E-state index in [1.165, 1.54) is 11.3 Å². The van der Waals surface area contributed by atoms with Crippen molar-refractivity contribution in [2.75, 3.05) is 49.3 Å². The second-order valence-electron chi connectivity index (χ2n) is 4.64. The van der Waals surface area contributed by atoms with Crippen molar-refractivity contribution >= 4 is 45.6 Å². The van der Waals surface area contributed by atoms with E-state index in [-0.39, 0.29) is 17.5 Å². The molecular formula is C13H20N4O2S2. The van der Waals surface area contributed by atoms with Gasteiger partial charge in [-0.2, -0.15) is 11.8 Å². The van der Waals surface area contributed by atoms with Crippen LogP contribution in [0, 0.1) is 0 Å². The molecule has 0 aromatic carbocycles. The smallest absolute Gasteiger partial charge is 0.263 e. The molecule has 0 saturated carbocycles. The number of hydrogen-bond donors (Lipinski definition) is 3. The number of carbonyl (C=O) groups excluding carboxylic acids is 2. The molecule has 2 rings (SSSR count). The molecule has 4 N–H and O–H groups in total. The van der Waals surface area contributed by atoms with E-state index in [1.54, 1.807) is 14.1 Å². The quantitative estimate of drug-likeness (QED) is 0.770. The van der Waals surface area contributed by atoms with Gasteiger partial charge in [-0.05, 0) is 12.2 Å². The summed E-state index contributed by atoms with van der Waals surface area (Å²) in [6.07, 6.45) is 1.06. The molecule has 6 nitrogen and oxygen atoms in total. The fourth-order valence-electron chi connectivity index (χ4n) is 2.23. The number of nitrogens with two attached hydrogens (primary N) is 1. The number of nitrogens with one attached hydrogen (secondary N) is 2. The van der Waals surface area contributed by atoms with E-state index >= 15 is 0 Å². The van der Waals surface area contributed by atoms with Crippen molar-refractivity contribution in [3.8, 4) is 0 Å². The predicted octanol–water partition coefficient (Wildman–Crippen LogP) is 0.993. The van der Waals surface area contributed by atoms with Crippen LogP contribution in [0.5, 0.6) is 0 Å². The Balaban J connectivity index is 2.46. The van der Waals surface area contributed by atoms with Crippen molar-refractivity contribution in [3.63, 3.8) is 0 Å². The average Bonchev–Trinajstić information content (AvgIpc) is 2.69. The highest BCUT2D eigenvalue weighted by molar-refractivity contribution is 7.99. The Kier molecular flexibility index (Phi) is 5.35. The van der Waals surface area contributed by atoms with Crippen LogP contribution < -0.4 is 21.3 Å². The van der Waals surface area contributed by atoms with Crippen molar-refractivity contribution in [1.29, 1.82) is 0 Å². The summed E-state index contributed by atoms with van der Waals surface area (Å²) in [4.78, 5) is 26.7. The molecule has 1 aliphatic rings. The first-order valence-corrected chi connectivity index (χ1v) is 8.76. The van der Waals surface area contributed by atoms with Gasteiger partial charge >= 0.3 is 0 Å². The molecule has 0 aliphatic carbocycles. The summed E-state index contributed by atoms with van der Waals surface area (Å²) < 4.78 is 0. The van der Waals surface area contributed by atoms with Crippen molar-refractivity contribution in [2.24, 2.45) is 0 Å². The van der Waals surface area contributed by atoms with Gasteiger partial charge in [0.1, 0.15) is 9.88 Å². The van der Waals surface area contributed by atoms with E-state index in [2.05, 4.69) is 15.5 Å². The molecule has 0 atom stereocenters. The van der Waals surface area contributed by atoms with E-state index in [1.807, 2.05) is 11.8 Å². The first kappa shape index (κ1) is 16.0. The molecule has 0 spiro atoms. The summed E-state index contributed by atoms with van der Waals surface area (Å²) in [7, 11) is 3.13. The average molecular weight is 328 g/mol. The highest BCUT2D eigenvalue weighted by atomic mass is 32.2. The molecule has 1 aromatic rings. The van der Waals surface area contributed by atoms with Crippen LogP contribution in [0.3, 0.4) is 0 Å². The molecule has 116 valence electrons. The standard InChI is InChI=1S/C13H20N4O2S2/c1-15-11(18)8-9(14)10(12(19)16-2)21-13(8)17-4-3-6-20-7-5-17/h3-7,14H2,1-2H3,(H,15,18)(H,16,19). The highest BCUT2D eigenvalue weighted by Crippen LogP contribution is 2.39. The summed E-state index contributed by atoms with van der Waals surface area (Å²) in [5.74, 6) is 1.64. The van der Waals surface area contributed by atoms with Gasteiger partial charge in [-0.3, -0.25) is 9.59 Å². The largest absolute Gasteiger partial charge is 0.397 e. The van der Waals surface area contributed by atoms with Gasteiger partial charge in [0, 0.05) is 32.9 Å². The molecule has 1 fully saturated rings. The number of thioether (sulfide) groups is 1. The first-order valence-electron chi connectivity index (χ1n) is 6.79. The minimum Gasteiger partial charge on any atom is -0.397 e. The van der Waals surface area contributed by atoms with E-state index < -0.39 is 0 Å². The Bertz CT molecular complexity index is 537. The number of nitrogen functional groups attached to an aromatic ring is 1. The fourth-order valence-corrected chi connectivity index (χ4v) is 4.33. The molecule has 21 heavy (non-hydrogen) atoms. The number of amides is 2. The molecule has 0 bridgehead atoms. The topological polar surface area (TPSA) is 87.5 Å². The van der Waals surface area contributed by atoms with E-state index in [4.69, 9.17) is 5.73 Å². The number of nitrogens with zero attached hydrogens (tertiary/aromatic N) is 1. The summed E-state index contributed by atoms with van der Waals surface area (Å²) in [6.45, 7) is 1.74. The second-order valence-corrected chi connectivity index (χ2v) is 6.86. The lowest BCUT2D eigenvalue weighted by Crippen LogP contribution is -2.28. The Morgan fingerprint density at radius 2 is 1.86 bits per heavy atom. The van der Waals surface area contributed by atoms with Crippen LogP contribution in [0.15, 0.2) is 0 Å². The molecular weight excluding hydrogens is 308 g/mol. The minimum atomic E-state index is -0.252. The predicted molar refractivity (Wildman–Crippen MR) is 89.7 cm³/mol. The van der Waals surface area contributed by atoms with Gasteiger partial charge in [0.05, 0.1) is 11.3 Å². The molecule has 2 heterocycles. The highest BCUT2D eigenvalue weighted by Gasteiger charge is 2.27. The lowest BCUT2D eigenvalue weighted by molar-refractivity contribution is 0.0963. The van der Waals surface area contributed by atoms with Crippen LogP contribution in [0.1, 0.15) is 26.5 Å². The van der Waals surface area contributed by atoms with Crippen molar-refractivity contribution in [1.82, 2.24) is 10.6 Å². The number of thiophene rings is 1. The Labute approximate surface area is 132 Å². The van der Waals surface area contributed by atoms with Gasteiger partial charge in [0.15, 0.2) is 0 Å². The second kappa shape index (κ2) is 7.04. The van der Waals surface area contributed by atoms with Crippen LogP contribution >= 0.6 is 23.1 Å². The molecule has 1 aromatic heterocycles. The maximum absolute atomic E-state index is 12.2. The lowest BCUT2D eigenvalue weighted by atomic mass is 10.2. The van der Waals surface area contributed by atoms with E-state index in [9.17, 15) is 9.59 Å². The van der Waals surface area contributed by atoms with Gasteiger partial charge in [-0.25, -0.2) is 0 Å². The maximum Gasteiger partial charge on any atom is 0.263 e. The fraction of sp³-hybridized carbons (Fsp3) is 0.538. The summed E-state index contributed by atoms with van der Waals surface area (Å²) in [5, 5.41) is 5.98. The number of rotatable bonds is 3. The Hall–Kier alpha value is -1.41. The zero-order chi connectivity index (χ0) is 15.4. The lowest BCUT2D eigenvalue weighted by Gasteiger charge is -2.21. The monoisotopic (exact) mass is 328 g/mol. The Morgan fingerprint density at radius 3 is 2.52 bits per heavy atom. The zero-order valence-corrected chi connectivity index (χ0v) is 13.8. The van der Waals surface area contributed by atoms with Gasteiger partial charge in [-0.15, -0.1) is 11.3 Å². The summed E-state index contributed by atoms with van der Waals surface area (Å²) in [6, 6.07) is 0. The normalized spacial score (nSPS) is 15.4. The van der Waals surface area contributed by atoms with E-state index in [0.29, 0.717) is 10.4 Å². The first-order chi connectivity index (χ1) is 10.1. The van der Waals surface area contributed by atoms with Gasteiger partial charge < -0.3 is 21.3 Å². The summed E-state index contributed by atoms with van der Waals surface area (Å²) >= 11 is 3.20. The molecule has 0 unspecified atom stereocenters. The molecule has 1 aliphatic heterocycles.